The minimum absolute atomic E-state index is 0.253. The Morgan fingerprint density at radius 2 is 2.17 bits per heavy atom. The van der Waals surface area contributed by atoms with E-state index in [-0.39, 0.29) is 12.6 Å². The summed E-state index contributed by atoms with van der Waals surface area (Å²) >= 11 is 0. The first kappa shape index (κ1) is 7.53. The predicted octanol–water partition coefficient (Wildman–Crippen LogP) is 2.85. The molecule has 1 atom stereocenters. The molecule has 0 amide bonds. The van der Waals surface area contributed by atoms with Gasteiger partial charge in [0.05, 0.1) is 6.67 Å². The van der Waals surface area contributed by atoms with Crippen LogP contribution in [-0.2, 0) is 0 Å². The van der Waals surface area contributed by atoms with Crippen molar-refractivity contribution in [1.82, 2.24) is 0 Å². The summed E-state index contributed by atoms with van der Waals surface area (Å²) in [7, 11) is 0. The fourth-order valence-corrected chi connectivity index (χ4v) is 1.59. The van der Waals surface area contributed by atoms with Crippen LogP contribution in [0.4, 0.5) is 4.39 Å². The molecule has 1 aliphatic rings. The fourth-order valence-electron chi connectivity index (χ4n) is 1.59. The summed E-state index contributed by atoms with van der Waals surface area (Å²) in [5.41, 5.74) is 2.34. The number of fused-ring (bicyclic) bond motifs is 1. The van der Waals surface area contributed by atoms with Gasteiger partial charge in [-0.3, -0.25) is 4.39 Å². The van der Waals surface area contributed by atoms with E-state index in [4.69, 9.17) is 0 Å². The molecule has 12 heavy (non-hydrogen) atoms. The van der Waals surface area contributed by atoms with Crippen molar-refractivity contribution in [2.45, 2.75) is 12.3 Å². The standard InChI is InChI=1S/C11H10F/c12-8-7-10-6-5-9-3-1-2-4-11(9)10/h1-4,6,10H,7-8H2. The topological polar surface area (TPSA) is 0 Å². The second kappa shape index (κ2) is 3.10. The summed E-state index contributed by atoms with van der Waals surface area (Å²) in [5.74, 6) is 0.256. The number of hydrogen-bond donors (Lipinski definition) is 0. The van der Waals surface area contributed by atoms with Crippen molar-refractivity contribution in [1.29, 1.82) is 0 Å². The fraction of sp³-hybridized carbons (Fsp3) is 0.273. The molecular formula is C11H10F. The highest BCUT2D eigenvalue weighted by Crippen LogP contribution is 2.30. The molecule has 0 saturated carbocycles. The highest BCUT2D eigenvalue weighted by atomic mass is 19.1. The number of alkyl halides is 1. The van der Waals surface area contributed by atoms with Crippen LogP contribution in [0, 0.1) is 6.08 Å². The Morgan fingerprint density at radius 1 is 1.33 bits per heavy atom. The van der Waals surface area contributed by atoms with Crippen LogP contribution in [0.5, 0.6) is 0 Å². The molecule has 1 aliphatic carbocycles. The van der Waals surface area contributed by atoms with E-state index in [1.165, 1.54) is 5.56 Å². The van der Waals surface area contributed by atoms with Gasteiger partial charge in [-0.2, -0.15) is 0 Å². The van der Waals surface area contributed by atoms with Gasteiger partial charge < -0.3 is 0 Å². The number of hydrogen-bond acceptors (Lipinski definition) is 0. The van der Waals surface area contributed by atoms with E-state index < -0.39 is 0 Å². The summed E-state index contributed by atoms with van der Waals surface area (Å²) < 4.78 is 12.1. The molecule has 0 spiro atoms. The maximum atomic E-state index is 12.1. The number of halogens is 1. The third kappa shape index (κ3) is 1.15. The van der Waals surface area contributed by atoms with Crippen molar-refractivity contribution in [2.24, 2.45) is 0 Å². The van der Waals surface area contributed by atoms with Gasteiger partial charge in [-0.15, -0.1) is 0 Å². The molecule has 0 aromatic heterocycles. The van der Waals surface area contributed by atoms with Crippen LogP contribution >= 0.6 is 0 Å². The van der Waals surface area contributed by atoms with Crippen molar-refractivity contribution in [3.8, 4) is 0 Å². The van der Waals surface area contributed by atoms with E-state index in [0.29, 0.717) is 6.42 Å². The Morgan fingerprint density at radius 3 is 3.00 bits per heavy atom. The molecule has 1 aromatic carbocycles. The second-order valence-electron chi connectivity index (χ2n) is 2.98. The Labute approximate surface area is 71.7 Å². The van der Waals surface area contributed by atoms with Gasteiger partial charge in [0.2, 0.25) is 0 Å². The Balaban J connectivity index is 2.30. The molecule has 0 fully saturated rings. The minimum atomic E-state index is -0.253. The molecule has 0 N–H and O–H groups in total. The van der Waals surface area contributed by atoms with E-state index in [0.717, 1.165) is 5.56 Å². The third-order valence-corrected chi connectivity index (χ3v) is 2.22. The first-order valence-electron chi connectivity index (χ1n) is 4.16. The second-order valence-corrected chi connectivity index (χ2v) is 2.98. The van der Waals surface area contributed by atoms with Crippen molar-refractivity contribution in [3.63, 3.8) is 0 Å². The molecule has 1 heteroatoms. The summed E-state index contributed by atoms with van der Waals surface area (Å²) in [4.78, 5) is 0. The summed E-state index contributed by atoms with van der Waals surface area (Å²) in [6.45, 7) is -0.253. The molecule has 0 nitrogen and oxygen atoms in total. The molecule has 61 valence electrons. The molecule has 1 radical (unpaired) electrons. The molecule has 0 saturated heterocycles. The van der Waals surface area contributed by atoms with Crippen molar-refractivity contribution < 1.29 is 4.39 Å². The highest BCUT2D eigenvalue weighted by molar-refractivity contribution is 5.42. The quantitative estimate of drug-likeness (QED) is 0.625. The van der Waals surface area contributed by atoms with E-state index in [9.17, 15) is 4.39 Å². The van der Waals surface area contributed by atoms with E-state index in [2.05, 4.69) is 6.08 Å². The van der Waals surface area contributed by atoms with Gasteiger partial charge in [0, 0.05) is 5.92 Å². The van der Waals surface area contributed by atoms with Crippen LogP contribution in [0.25, 0.3) is 0 Å². The summed E-state index contributed by atoms with van der Waals surface area (Å²) in [6.07, 6.45) is 5.69. The lowest BCUT2D eigenvalue weighted by atomic mass is 9.98. The predicted molar refractivity (Wildman–Crippen MR) is 46.7 cm³/mol. The largest absolute Gasteiger partial charge is 0.251 e. The highest BCUT2D eigenvalue weighted by Gasteiger charge is 2.15. The zero-order chi connectivity index (χ0) is 8.39. The minimum Gasteiger partial charge on any atom is -0.251 e. The number of benzene rings is 1. The molecule has 2 rings (SSSR count). The lowest BCUT2D eigenvalue weighted by Gasteiger charge is -2.06. The van der Waals surface area contributed by atoms with E-state index >= 15 is 0 Å². The Hall–Kier alpha value is -1.11. The number of allylic oxidation sites excluding steroid dienone is 1. The zero-order valence-corrected chi connectivity index (χ0v) is 6.76. The van der Waals surface area contributed by atoms with Gasteiger partial charge in [-0.05, 0) is 23.6 Å². The molecule has 1 aromatic rings. The van der Waals surface area contributed by atoms with E-state index in [1.54, 1.807) is 0 Å². The summed E-state index contributed by atoms with van der Waals surface area (Å²) in [5, 5.41) is 0. The third-order valence-electron chi connectivity index (χ3n) is 2.22. The Bertz CT molecular complexity index is 302. The van der Waals surface area contributed by atoms with Crippen molar-refractivity contribution >= 4 is 0 Å². The molecule has 0 aliphatic heterocycles. The van der Waals surface area contributed by atoms with Gasteiger partial charge in [0.1, 0.15) is 0 Å². The van der Waals surface area contributed by atoms with Crippen LogP contribution in [0.15, 0.2) is 30.3 Å². The zero-order valence-electron chi connectivity index (χ0n) is 6.76. The first-order chi connectivity index (χ1) is 5.92. The normalized spacial score (nSPS) is 19.6. The van der Waals surface area contributed by atoms with Crippen molar-refractivity contribution in [3.05, 3.63) is 47.5 Å². The monoisotopic (exact) mass is 161 g/mol. The van der Waals surface area contributed by atoms with Crippen LogP contribution in [0.2, 0.25) is 0 Å². The molecule has 0 heterocycles. The van der Waals surface area contributed by atoms with Crippen LogP contribution < -0.4 is 0 Å². The van der Waals surface area contributed by atoms with Gasteiger partial charge >= 0.3 is 0 Å². The first-order valence-corrected chi connectivity index (χ1v) is 4.16. The van der Waals surface area contributed by atoms with Crippen LogP contribution in [0.3, 0.4) is 0 Å². The van der Waals surface area contributed by atoms with Crippen LogP contribution in [0.1, 0.15) is 23.5 Å². The van der Waals surface area contributed by atoms with Gasteiger partial charge in [0.15, 0.2) is 0 Å². The van der Waals surface area contributed by atoms with Gasteiger partial charge in [-0.1, -0.05) is 30.3 Å². The SMILES string of the molecule is FCCC1C=[C]c2ccccc21. The maximum absolute atomic E-state index is 12.1. The lowest BCUT2D eigenvalue weighted by Crippen LogP contribution is -1.93. The Kier molecular flexibility index (Phi) is 1.94. The van der Waals surface area contributed by atoms with Crippen molar-refractivity contribution in [2.75, 3.05) is 6.67 Å². The van der Waals surface area contributed by atoms with E-state index in [1.807, 2.05) is 30.3 Å². The average molecular weight is 161 g/mol. The van der Waals surface area contributed by atoms with Gasteiger partial charge in [0.25, 0.3) is 0 Å². The molecule has 1 unspecified atom stereocenters. The van der Waals surface area contributed by atoms with Crippen LogP contribution in [-0.4, -0.2) is 6.67 Å². The molecule has 0 bridgehead atoms. The lowest BCUT2D eigenvalue weighted by molar-refractivity contribution is 0.460. The van der Waals surface area contributed by atoms with Gasteiger partial charge in [-0.25, -0.2) is 0 Å². The molecular weight excluding hydrogens is 151 g/mol. The average Bonchev–Trinajstić information content (AvgIpc) is 2.50. The number of rotatable bonds is 2. The summed E-state index contributed by atoms with van der Waals surface area (Å²) in [6, 6.07) is 8.04. The maximum Gasteiger partial charge on any atom is 0.0903 e. The smallest absolute Gasteiger partial charge is 0.0903 e.